The summed E-state index contributed by atoms with van der Waals surface area (Å²) >= 11 is 0. The minimum atomic E-state index is -0.570. The van der Waals surface area contributed by atoms with Gasteiger partial charge in [-0.05, 0) is 19.1 Å². The van der Waals surface area contributed by atoms with Crippen LogP contribution in [0.5, 0.6) is 0 Å². The van der Waals surface area contributed by atoms with Crippen molar-refractivity contribution in [2.24, 2.45) is 5.73 Å². The number of nitrogens with zero attached hydrogens (tertiary/aromatic N) is 1. The molecule has 1 amide bonds. The molecule has 5 nitrogen and oxygen atoms in total. The van der Waals surface area contributed by atoms with Crippen LogP contribution in [0.3, 0.4) is 0 Å². The van der Waals surface area contributed by atoms with E-state index in [-0.39, 0.29) is 6.61 Å². The number of amides is 1. The fraction of sp³-hybridized carbons (Fsp3) is 0.167. The first-order valence-electron chi connectivity index (χ1n) is 5.22. The highest BCUT2D eigenvalue weighted by atomic mass is 16.5. The molecule has 0 aliphatic heterocycles. The molecule has 2 aromatic rings. The Balaban J connectivity index is 2.65. The molecule has 0 saturated carbocycles. The monoisotopic (exact) mass is 232 g/mol. The van der Waals surface area contributed by atoms with Crippen LogP contribution in [0.1, 0.15) is 17.3 Å². The fourth-order valence-corrected chi connectivity index (χ4v) is 1.74. The zero-order valence-corrected chi connectivity index (χ0v) is 9.34. The van der Waals surface area contributed by atoms with E-state index in [9.17, 15) is 9.59 Å². The van der Waals surface area contributed by atoms with Crippen LogP contribution >= 0.6 is 0 Å². The molecule has 0 unspecified atom stereocenters. The third kappa shape index (κ3) is 1.87. The van der Waals surface area contributed by atoms with Gasteiger partial charge in [0.05, 0.1) is 17.7 Å². The molecular weight excluding hydrogens is 220 g/mol. The molecule has 2 rings (SSSR count). The Hall–Kier alpha value is -2.30. The van der Waals surface area contributed by atoms with E-state index in [1.807, 2.05) is 0 Å². The molecule has 1 aromatic heterocycles. The van der Waals surface area contributed by atoms with Crippen molar-refractivity contribution in [1.82, 2.24) is 4.57 Å². The number of hydrogen-bond acceptors (Lipinski definition) is 3. The van der Waals surface area contributed by atoms with Gasteiger partial charge in [0, 0.05) is 11.6 Å². The molecule has 1 aromatic carbocycles. The van der Waals surface area contributed by atoms with Gasteiger partial charge in [0.2, 0.25) is 0 Å². The van der Waals surface area contributed by atoms with Crippen LogP contribution < -0.4 is 5.73 Å². The van der Waals surface area contributed by atoms with Crippen LogP contribution in [0.15, 0.2) is 30.5 Å². The predicted molar refractivity (Wildman–Crippen MR) is 62.9 cm³/mol. The molecule has 0 spiro atoms. The number of carbonyl (C=O) groups excluding carboxylic acids is 2. The van der Waals surface area contributed by atoms with Crippen molar-refractivity contribution in [2.45, 2.75) is 6.92 Å². The Morgan fingerprint density at radius 2 is 2.12 bits per heavy atom. The number of primary amides is 1. The van der Waals surface area contributed by atoms with E-state index in [0.29, 0.717) is 11.1 Å². The van der Waals surface area contributed by atoms with E-state index in [1.165, 1.54) is 4.57 Å². The Labute approximate surface area is 97.8 Å². The van der Waals surface area contributed by atoms with Gasteiger partial charge in [-0.25, -0.2) is 4.79 Å². The zero-order valence-electron chi connectivity index (χ0n) is 9.34. The number of fused-ring (bicyclic) bond motifs is 1. The van der Waals surface area contributed by atoms with Gasteiger partial charge in [0.25, 0.3) is 5.91 Å². The molecule has 5 heteroatoms. The van der Waals surface area contributed by atoms with Gasteiger partial charge in [0.1, 0.15) is 0 Å². The second-order valence-electron chi connectivity index (χ2n) is 3.49. The summed E-state index contributed by atoms with van der Waals surface area (Å²) in [6.45, 7) is 2.00. The molecule has 0 saturated heterocycles. The van der Waals surface area contributed by atoms with Crippen LogP contribution in [0.25, 0.3) is 10.9 Å². The minimum Gasteiger partial charge on any atom is -0.449 e. The van der Waals surface area contributed by atoms with Crippen molar-refractivity contribution in [1.29, 1.82) is 0 Å². The minimum absolute atomic E-state index is 0.275. The number of aromatic nitrogens is 1. The Morgan fingerprint density at radius 1 is 1.35 bits per heavy atom. The highest BCUT2D eigenvalue weighted by Gasteiger charge is 2.15. The van der Waals surface area contributed by atoms with Gasteiger partial charge >= 0.3 is 6.09 Å². The zero-order chi connectivity index (χ0) is 12.4. The maximum atomic E-state index is 11.7. The molecule has 1 heterocycles. The van der Waals surface area contributed by atoms with Gasteiger partial charge < -0.3 is 10.5 Å². The van der Waals surface area contributed by atoms with Crippen molar-refractivity contribution in [3.8, 4) is 0 Å². The second kappa shape index (κ2) is 4.29. The average molecular weight is 232 g/mol. The summed E-state index contributed by atoms with van der Waals surface area (Å²) < 4.78 is 6.19. The van der Waals surface area contributed by atoms with E-state index in [2.05, 4.69) is 0 Å². The lowest BCUT2D eigenvalue weighted by molar-refractivity contribution is 0.100. The van der Waals surface area contributed by atoms with Gasteiger partial charge in [-0.2, -0.15) is 0 Å². The topological polar surface area (TPSA) is 74.3 Å². The lowest BCUT2D eigenvalue weighted by atomic mass is 10.1. The van der Waals surface area contributed by atoms with Crippen LogP contribution in [-0.2, 0) is 4.74 Å². The van der Waals surface area contributed by atoms with Gasteiger partial charge in [-0.3, -0.25) is 9.36 Å². The van der Waals surface area contributed by atoms with E-state index in [1.54, 1.807) is 37.4 Å². The van der Waals surface area contributed by atoms with Crippen LogP contribution in [0.2, 0.25) is 0 Å². The van der Waals surface area contributed by atoms with E-state index in [0.717, 1.165) is 5.39 Å². The number of ether oxygens (including phenoxy) is 1. The molecular formula is C12H12N2O3. The summed E-state index contributed by atoms with van der Waals surface area (Å²) in [5.41, 5.74) is 6.07. The first-order chi connectivity index (χ1) is 8.15. The maximum Gasteiger partial charge on any atom is 0.418 e. The quantitative estimate of drug-likeness (QED) is 0.857. The van der Waals surface area contributed by atoms with Gasteiger partial charge in [-0.15, -0.1) is 0 Å². The van der Waals surface area contributed by atoms with E-state index < -0.39 is 12.0 Å². The maximum absolute atomic E-state index is 11.7. The van der Waals surface area contributed by atoms with Gasteiger partial charge in [0.15, 0.2) is 0 Å². The van der Waals surface area contributed by atoms with Gasteiger partial charge in [-0.1, -0.05) is 12.1 Å². The first-order valence-corrected chi connectivity index (χ1v) is 5.22. The summed E-state index contributed by atoms with van der Waals surface area (Å²) in [7, 11) is 0. The highest BCUT2D eigenvalue weighted by molar-refractivity contribution is 6.07. The summed E-state index contributed by atoms with van der Waals surface area (Å²) in [4.78, 5) is 23.0. The fourth-order valence-electron chi connectivity index (χ4n) is 1.74. The number of para-hydroxylation sites is 1. The Morgan fingerprint density at radius 3 is 2.76 bits per heavy atom. The van der Waals surface area contributed by atoms with Crippen molar-refractivity contribution in [3.63, 3.8) is 0 Å². The normalized spacial score (nSPS) is 10.4. The predicted octanol–water partition coefficient (Wildman–Crippen LogP) is 1.74. The molecule has 0 atom stereocenters. The van der Waals surface area contributed by atoms with Crippen LogP contribution in [0.4, 0.5) is 4.79 Å². The van der Waals surface area contributed by atoms with Crippen molar-refractivity contribution in [2.75, 3.05) is 6.61 Å². The van der Waals surface area contributed by atoms with Crippen molar-refractivity contribution < 1.29 is 14.3 Å². The summed E-state index contributed by atoms with van der Waals surface area (Å²) in [6.07, 6.45) is 1.05. The standard InChI is InChI=1S/C12H12N2O3/c1-2-17-12(16)14-7-6-8-4-3-5-9(10(8)14)11(13)15/h3-7H,2H2,1H3,(H2,13,15). The molecule has 17 heavy (non-hydrogen) atoms. The Kier molecular flexibility index (Phi) is 2.82. The van der Waals surface area contributed by atoms with E-state index >= 15 is 0 Å². The van der Waals surface area contributed by atoms with Crippen molar-refractivity contribution >= 4 is 22.9 Å². The van der Waals surface area contributed by atoms with Crippen LogP contribution in [0, 0.1) is 0 Å². The molecule has 0 bridgehead atoms. The molecule has 88 valence electrons. The lowest BCUT2D eigenvalue weighted by Gasteiger charge is -2.06. The highest BCUT2D eigenvalue weighted by Crippen LogP contribution is 2.20. The molecule has 0 radical (unpaired) electrons. The Bertz CT molecular complexity index is 586. The molecule has 0 aliphatic rings. The summed E-state index contributed by atoms with van der Waals surface area (Å²) in [6, 6.07) is 6.84. The van der Waals surface area contributed by atoms with Crippen LogP contribution in [-0.4, -0.2) is 23.2 Å². The first kappa shape index (κ1) is 11.2. The average Bonchev–Trinajstić information content (AvgIpc) is 2.72. The number of rotatable bonds is 2. The summed E-state index contributed by atoms with van der Waals surface area (Å²) in [5.74, 6) is -0.570. The third-order valence-electron chi connectivity index (χ3n) is 2.44. The third-order valence-corrected chi connectivity index (χ3v) is 2.44. The number of hydrogen-bond donors (Lipinski definition) is 1. The summed E-state index contributed by atoms with van der Waals surface area (Å²) in [5, 5.41) is 0.773. The largest absolute Gasteiger partial charge is 0.449 e. The SMILES string of the molecule is CCOC(=O)n1ccc2cccc(C(N)=O)c21. The molecule has 0 fully saturated rings. The van der Waals surface area contributed by atoms with Crippen molar-refractivity contribution in [3.05, 3.63) is 36.0 Å². The second-order valence-corrected chi connectivity index (χ2v) is 3.49. The number of nitrogens with two attached hydrogens (primary N) is 1. The lowest BCUT2D eigenvalue weighted by Crippen LogP contribution is -2.17. The smallest absolute Gasteiger partial charge is 0.418 e. The molecule has 0 aliphatic carbocycles. The number of benzene rings is 1. The molecule has 2 N–H and O–H groups in total. The van der Waals surface area contributed by atoms with E-state index in [4.69, 9.17) is 10.5 Å². The number of carbonyl (C=O) groups is 2.